The largest absolute Gasteiger partial charge is 0.177 e. The Hall–Kier alpha value is -2.28. The van der Waals surface area contributed by atoms with E-state index < -0.39 is 0 Å². The summed E-state index contributed by atoms with van der Waals surface area (Å²) in [7, 11) is 0. The van der Waals surface area contributed by atoms with Gasteiger partial charge in [0.15, 0.2) is 6.71 Å². The molecule has 0 bridgehead atoms. The fraction of sp³-hybridized carbons (Fsp3) is 0.379. The highest BCUT2D eigenvalue weighted by Gasteiger charge is 2.49. The summed E-state index contributed by atoms with van der Waals surface area (Å²) in [6.07, 6.45) is 6.17. The summed E-state index contributed by atoms with van der Waals surface area (Å²) in [5.74, 6) is 0. The van der Waals surface area contributed by atoms with Gasteiger partial charge in [0.05, 0.1) is 0 Å². The van der Waals surface area contributed by atoms with E-state index in [4.69, 9.17) is 0 Å². The highest BCUT2D eigenvalue weighted by molar-refractivity contribution is 6.75. The molecule has 0 nitrogen and oxygen atoms in total. The molecule has 6 rings (SSSR count). The maximum atomic E-state index is 2.56. The third-order valence-corrected chi connectivity index (χ3v) is 8.95. The van der Waals surface area contributed by atoms with Crippen molar-refractivity contribution in [2.45, 2.75) is 59.6 Å². The second-order valence-electron chi connectivity index (χ2n) is 11.2. The van der Waals surface area contributed by atoms with Crippen LogP contribution in [0, 0.1) is 10.8 Å². The smallest absolute Gasteiger partial charge is 0.0753 e. The first kappa shape index (κ1) is 18.5. The minimum Gasteiger partial charge on any atom is -0.0753 e. The lowest BCUT2D eigenvalue weighted by Crippen LogP contribution is -2.31. The highest BCUT2D eigenvalue weighted by Crippen LogP contribution is 2.54. The molecule has 0 radical (unpaired) electrons. The number of benzene rings is 3. The minimum atomic E-state index is 0.383. The van der Waals surface area contributed by atoms with Crippen LogP contribution in [-0.4, -0.2) is 6.71 Å². The molecule has 0 amide bonds. The number of hydrogen-bond donors (Lipinski definition) is 0. The molecule has 150 valence electrons. The number of fused-ring (bicyclic) bond motifs is 6. The Bertz CT molecular complexity index is 1210. The second-order valence-corrected chi connectivity index (χ2v) is 11.2. The van der Waals surface area contributed by atoms with Crippen molar-refractivity contribution in [3.63, 3.8) is 0 Å². The van der Waals surface area contributed by atoms with E-state index in [2.05, 4.69) is 82.3 Å². The first-order valence-corrected chi connectivity index (χ1v) is 11.7. The van der Waals surface area contributed by atoms with Crippen molar-refractivity contribution < 1.29 is 0 Å². The molecule has 1 heteroatoms. The van der Waals surface area contributed by atoms with Gasteiger partial charge < -0.3 is 0 Å². The van der Waals surface area contributed by atoms with Crippen molar-refractivity contribution in [3.05, 3.63) is 82.4 Å². The number of rotatable bonds is 1. The predicted octanol–water partition coefficient (Wildman–Crippen LogP) is 6.91. The lowest BCUT2D eigenvalue weighted by atomic mass is 9.41. The van der Waals surface area contributed by atoms with Crippen LogP contribution in [0.2, 0.25) is 12.6 Å². The summed E-state index contributed by atoms with van der Waals surface area (Å²) < 4.78 is 0. The van der Waals surface area contributed by atoms with Crippen molar-refractivity contribution in [2.24, 2.45) is 10.8 Å². The molecule has 0 unspecified atom stereocenters. The lowest BCUT2D eigenvalue weighted by Gasteiger charge is -2.35. The van der Waals surface area contributed by atoms with Crippen LogP contribution in [-0.2, 0) is 12.8 Å². The van der Waals surface area contributed by atoms with Gasteiger partial charge in [0, 0.05) is 0 Å². The average molecular weight is 390 g/mol. The molecule has 0 saturated carbocycles. The van der Waals surface area contributed by atoms with E-state index >= 15 is 0 Å². The van der Waals surface area contributed by atoms with Gasteiger partial charge >= 0.3 is 0 Å². The number of aryl methyl sites for hydroxylation is 1. The molecular formula is C29H31B. The molecule has 1 fully saturated rings. The van der Waals surface area contributed by atoms with Crippen LogP contribution in [0.15, 0.2) is 60.2 Å². The maximum absolute atomic E-state index is 2.56. The Labute approximate surface area is 181 Å². The van der Waals surface area contributed by atoms with Gasteiger partial charge in [0.1, 0.15) is 0 Å². The van der Waals surface area contributed by atoms with Gasteiger partial charge in [-0.2, -0.15) is 0 Å². The molecule has 3 aromatic carbocycles. The van der Waals surface area contributed by atoms with Crippen LogP contribution in [0.1, 0.15) is 56.4 Å². The summed E-state index contributed by atoms with van der Waals surface area (Å²) in [5, 5.41) is 2.88. The van der Waals surface area contributed by atoms with E-state index in [1.807, 2.05) is 0 Å². The van der Waals surface area contributed by atoms with Crippen molar-refractivity contribution >= 4 is 28.5 Å². The molecule has 3 aliphatic rings. The zero-order chi connectivity index (χ0) is 20.7. The number of allylic oxidation sites excluding steroid dienone is 1. The molecule has 1 aliphatic heterocycles. The van der Waals surface area contributed by atoms with Gasteiger partial charge in [0.2, 0.25) is 0 Å². The SMILES string of the molecule is CC1(C)CB(c2cc3ccccc3c3c2CC2=C3c3ccccc3CC2)CC1(C)C. The van der Waals surface area contributed by atoms with Crippen molar-refractivity contribution in [3.8, 4) is 0 Å². The average Bonchev–Trinajstić information content (AvgIpc) is 3.22. The number of hydrogen-bond acceptors (Lipinski definition) is 0. The van der Waals surface area contributed by atoms with E-state index in [-0.39, 0.29) is 0 Å². The minimum absolute atomic E-state index is 0.383. The first-order valence-electron chi connectivity index (χ1n) is 11.7. The van der Waals surface area contributed by atoms with Crippen LogP contribution in [0.25, 0.3) is 16.3 Å². The summed E-state index contributed by atoms with van der Waals surface area (Å²) in [6, 6.07) is 20.8. The molecule has 0 atom stereocenters. The van der Waals surface area contributed by atoms with E-state index in [9.17, 15) is 0 Å². The Kier molecular flexibility index (Phi) is 3.78. The molecule has 30 heavy (non-hydrogen) atoms. The Morgan fingerprint density at radius 3 is 2.30 bits per heavy atom. The highest BCUT2D eigenvalue weighted by atomic mass is 14.4. The summed E-state index contributed by atoms with van der Waals surface area (Å²) in [6.45, 7) is 10.6. The zero-order valence-corrected chi connectivity index (χ0v) is 18.8. The lowest BCUT2D eigenvalue weighted by molar-refractivity contribution is 0.177. The fourth-order valence-corrected chi connectivity index (χ4v) is 6.61. The standard InChI is InChI=1S/C29H31B/c1-28(2)17-30(18-29(28,3)4)25-16-20-10-6-8-12-23(20)27-24(25)15-21-14-13-19-9-5-7-11-22(19)26(21)27/h5-12,16H,13-15,17-18H2,1-4H3. The normalized spacial score (nSPS) is 21.0. The van der Waals surface area contributed by atoms with Gasteiger partial charge in [-0.05, 0) is 68.7 Å². The van der Waals surface area contributed by atoms with Gasteiger partial charge in [0.25, 0.3) is 0 Å². The fourth-order valence-electron chi connectivity index (χ4n) is 6.61. The molecule has 2 aliphatic carbocycles. The summed E-state index contributed by atoms with van der Waals surface area (Å²) >= 11 is 0. The van der Waals surface area contributed by atoms with Crippen molar-refractivity contribution in [2.75, 3.05) is 0 Å². The van der Waals surface area contributed by atoms with Crippen LogP contribution in [0.4, 0.5) is 0 Å². The quantitative estimate of drug-likeness (QED) is 0.396. The third kappa shape index (κ3) is 2.47. The molecular weight excluding hydrogens is 359 g/mol. The van der Waals surface area contributed by atoms with Gasteiger partial charge in [-0.1, -0.05) is 106 Å². The molecule has 3 aromatic rings. The van der Waals surface area contributed by atoms with Gasteiger partial charge in [-0.15, -0.1) is 0 Å². The molecule has 0 aromatic heterocycles. The third-order valence-electron chi connectivity index (χ3n) is 8.95. The Morgan fingerprint density at radius 1 is 0.800 bits per heavy atom. The summed E-state index contributed by atoms with van der Waals surface area (Å²) in [5.41, 5.74) is 11.9. The molecule has 1 heterocycles. The zero-order valence-electron chi connectivity index (χ0n) is 18.8. The Balaban J connectivity index is 1.60. The van der Waals surface area contributed by atoms with E-state index in [1.165, 1.54) is 47.4 Å². The first-order chi connectivity index (χ1) is 14.4. The maximum Gasteiger partial charge on any atom is 0.177 e. The van der Waals surface area contributed by atoms with Crippen molar-refractivity contribution in [1.82, 2.24) is 0 Å². The van der Waals surface area contributed by atoms with E-state index in [1.54, 1.807) is 27.7 Å². The van der Waals surface area contributed by atoms with Crippen LogP contribution < -0.4 is 5.46 Å². The molecule has 0 spiro atoms. The summed E-state index contributed by atoms with van der Waals surface area (Å²) in [4.78, 5) is 0. The van der Waals surface area contributed by atoms with E-state index in [0.717, 1.165) is 6.42 Å². The van der Waals surface area contributed by atoms with E-state index in [0.29, 0.717) is 17.5 Å². The Morgan fingerprint density at radius 2 is 1.50 bits per heavy atom. The molecule has 0 N–H and O–H groups in total. The monoisotopic (exact) mass is 390 g/mol. The van der Waals surface area contributed by atoms with Crippen LogP contribution in [0.3, 0.4) is 0 Å². The molecule has 1 saturated heterocycles. The van der Waals surface area contributed by atoms with Crippen LogP contribution in [0.5, 0.6) is 0 Å². The van der Waals surface area contributed by atoms with Gasteiger partial charge in [-0.3, -0.25) is 0 Å². The van der Waals surface area contributed by atoms with Gasteiger partial charge in [-0.25, -0.2) is 0 Å². The van der Waals surface area contributed by atoms with Crippen molar-refractivity contribution in [1.29, 1.82) is 0 Å². The predicted molar refractivity (Wildman–Crippen MR) is 131 cm³/mol. The second kappa shape index (κ2) is 6.13. The topological polar surface area (TPSA) is 0 Å². The van der Waals surface area contributed by atoms with Crippen LogP contribution >= 0.6 is 0 Å².